The molecule has 1 aliphatic rings. The third-order valence-corrected chi connectivity index (χ3v) is 4.71. The third kappa shape index (κ3) is 3.96. The second-order valence-electron chi connectivity index (χ2n) is 6.18. The SMILES string of the molecule is COCc1nn(C)cc1C(=O)N1CCCN(c2ccccc2Cl)CC1. The molecular formula is C18H23ClN4O2. The maximum atomic E-state index is 12.9. The van der Waals surface area contributed by atoms with Crippen LogP contribution in [0.4, 0.5) is 5.69 Å². The number of nitrogens with zero attached hydrogens (tertiary/aromatic N) is 4. The lowest BCUT2D eigenvalue weighted by atomic mass is 10.2. The van der Waals surface area contributed by atoms with E-state index in [0.717, 1.165) is 36.8 Å². The minimum absolute atomic E-state index is 0.0150. The minimum Gasteiger partial charge on any atom is -0.378 e. The summed E-state index contributed by atoms with van der Waals surface area (Å²) in [5.74, 6) is 0.0150. The van der Waals surface area contributed by atoms with E-state index >= 15 is 0 Å². The van der Waals surface area contributed by atoms with Crippen LogP contribution in [0.1, 0.15) is 22.5 Å². The van der Waals surface area contributed by atoms with Crippen molar-refractivity contribution < 1.29 is 9.53 Å². The highest BCUT2D eigenvalue weighted by Gasteiger charge is 2.24. The summed E-state index contributed by atoms with van der Waals surface area (Å²) in [4.78, 5) is 17.1. The van der Waals surface area contributed by atoms with Gasteiger partial charge in [0, 0.05) is 46.5 Å². The second-order valence-corrected chi connectivity index (χ2v) is 6.59. The Morgan fingerprint density at radius 1 is 1.24 bits per heavy atom. The van der Waals surface area contributed by atoms with E-state index in [0.29, 0.717) is 24.4 Å². The quantitative estimate of drug-likeness (QED) is 0.838. The van der Waals surface area contributed by atoms with Crippen LogP contribution < -0.4 is 4.90 Å². The van der Waals surface area contributed by atoms with Crippen molar-refractivity contribution in [3.05, 3.63) is 46.7 Å². The van der Waals surface area contributed by atoms with Crippen LogP contribution in [0, 0.1) is 0 Å². The third-order valence-electron chi connectivity index (χ3n) is 4.39. The number of halogens is 1. The Bertz CT molecular complexity index is 746. The van der Waals surface area contributed by atoms with E-state index in [1.165, 1.54) is 0 Å². The van der Waals surface area contributed by atoms with Crippen LogP contribution in [0.3, 0.4) is 0 Å². The van der Waals surface area contributed by atoms with Gasteiger partial charge in [-0.2, -0.15) is 5.10 Å². The molecule has 0 radical (unpaired) electrons. The molecule has 0 spiro atoms. The Labute approximate surface area is 152 Å². The number of para-hydroxylation sites is 1. The Balaban J connectivity index is 1.73. The standard InChI is InChI=1S/C18H23ClN4O2/c1-21-12-14(16(20-21)13-25-2)18(24)23-9-5-8-22(10-11-23)17-7-4-3-6-15(17)19/h3-4,6-7,12H,5,8-11,13H2,1-2H3. The van der Waals surface area contributed by atoms with E-state index in [9.17, 15) is 4.79 Å². The molecule has 0 unspecified atom stereocenters. The van der Waals surface area contributed by atoms with Gasteiger partial charge in [0.05, 0.1) is 22.9 Å². The molecule has 0 aliphatic carbocycles. The van der Waals surface area contributed by atoms with Crippen LogP contribution >= 0.6 is 11.6 Å². The first-order chi connectivity index (χ1) is 12.1. The molecule has 0 atom stereocenters. The van der Waals surface area contributed by atoms with Crippen molar-refractivity contribution in [2.24, 2.45) is 7.05 Å². The second kappa shape index (κ2) is 7.89. The molecule has 3 rings (SSSR count). The molecule has 2 heterocycles. The summed E-state index contributed by atoms with van der Waals surface area (Å²) < 4.78 is 6.82. The van der Waals surface area contributed by atoms with Gasteiger partial charge in [0.25, 0.3) is 5.91 Å². The largest absolute Gasteiger partial charge is 0.378 e. The molecule has 7 heteroatoms. The number of aromatic nitrogens is 2. The number of carbonyl (C=O) groups is 1. The number of carbonyl (C=O) groups excluding carboxylic acids is 1. The molecule has 1 aliphatic heterocycles. The van der Waals surface area contributed by atoms with E-state index in [1.54, 1.807) is 18.0 Å². The lowest BCUT2D eigenvalue weighted by Gasteiger charge is -2.24. The van der Waals surface area contributed by atoms with E-state index in [2.05, 4.69) is 10.00 Å². The molecule has 1 aromatic carbocycles. The number of hydrogen-bond donors (Lipinski definition) is 0. The predicted octanol–water partition coefficient (Wildman–Crippen LogP) is 2.57. The summed E-state index contributed by atoms with van der Waals surface area (Å²) in [6.45, 7) is 3.36. The van der Waals surface area contributed by atoms with Gasteiger partial charge in [0.2, 0.25) is 0 Å². The molecule has 0 saturated carbocycles. The van der Waals surface area contributed by atoms with Crippen molar-refractivity contribution in [1.82, 2.24) is 14.7 Å². The van der Waals surface area contributed by atoms with Gasteiger partial charge < -0.3 is 14.5 Å². The van der Waals surface area contributed by atoms with Crippen molar-refractivity contribution >= 4 is 23.2 Å². The highest BCUT2D eigenvalue weighted by atomic mass is 35.5. The Morgan fingerprint density at radius 2 is 2.04 bits per heavy atom. The number of rotatable bonds is 4. The van der Waals surface area contributed by atoms with E-state index in [1.807, 2.05) is 36.2 Å². The molecule has 1 amide bonds. The average Bonchev–Trinajstić information content (AvgIpc) is 2.82. The summed E-state index contributed by atoms with van der Waals surface area (Å²) in [5, 5.41) is 5.08. The smallest absolute Gasteiger partial charge is 0.257 e. The first-order valence-electron chi connectivity index (χ1n) is 8.40. The minimum atomic E-state index is 0.0150. The number of amides is 1. The Morgan fingerprint density at radius 3 is 2.80 bits per heavy atom. The maximum Gasteiger partial charge on any atom is 0.257 e. The van der Waals surface area contributed by atoms with Gasteiger partial charge in [0.15, 0.2) is 0 Å². The number of anilines is 1. The molecule has 1 saturated heterocycles. The molecule has 6 nitrogen and oxygen atoms in total. The lowest BCUT2D eigenvalue weighted by molar-refractivity contribution is 0.0762. The van der Waals surface area contributed by atoms with Crippen molar-refractivity contribution in [2.45, 2.75) is 13.0 Å². The lowest BCUT2D eigenvalue weighted by Crippen LogP contribution is -2.35. The fraction of sp³-hybridized carbons (Fsp3) is 0.444. The first kappa shape index (κ1) is 17.8. The van der Waals surface area contributed by atoms with E-state index in [-0.39, 0.29) is 5.91 Å². The molecular weight excluding hydrogens is 340 g/mol. The highest BCUT2D eigenvalue weighted by molar-refractivity contribution is 6.33. The van der Waals surface area contributed by atoms with Gasteiger partial charge in [0.1, 0.15) is 5.69 Å². The van der Waals surface area contributed by atoms with E-state index in [4.69, 9.17) is 16.3 Å². The van der Waals surface area contributed by atoms with Gasteiger partial charge in [-0.3, -0.25) is 9.48 Å². The summed E-state index contributed by atoms with van der Waals surface area (Å²) in [5.41, 5.74) is 2.33. The summed E-state index contributed by atoms with van der Waals surface area (Å²) in [7, 11) is 3.42. The topological polar surface area (TPSA) is 50.6 Å². The van der Waals surface area contributed by atoms with Crippen LogP contribution in [0.5, 0.6) is 0 Å². The number of hydrogen-bond acceptors (Lipinski definition) is 4. The zero-order valence-electron chi connectivity index (χ0n) is 14.6. The number of aryl methyl sites for hydroxylation is 1. The van der Waals surface area contributed by atoms with Crippen LogP contribution in [0.2, 0.25) is 5.02 Å². The first-order valence-corrected chi connectivity index (χ1v) is 8.78. The van der Waals surface area contributed by atoms with Gasteiger partial charge in [-0.15, -0.1) is 0 Å². The number of ether oxygens (including phenoxy) is 1. The Hall–Kier alpha value is -2.05. The molecule has 1 fully saturated rings. The summed E-state index contributed by atoms with van der Waals surface area (Å²) in [6, 6.07) is 7.84. The van der Waals surface area contributed by atoms with E-state index < -0.39 is 0 Å². The van der Waals surface area contributed by atoms with Gasteiger partial charge in [-0.05, 0) is 18.6 Å². The molecule has 25 heavy (non-hydrogen) atoms. The van der Waals surface area contributed by atoms with Crippen molar-refractivity contribution in [2.75, 3.05) is 38.2 Å². The van der Waals surface area contributed by atoms with Gasteiger partial charge in [-0.1, -0.05) is 23.7 Å². The fourth-order valence-electron chi connectivity index (χ4n) is 3.20. The molecule has 0 bridgehead atoms. The number of benzene rings is 1. The molecule has 134 valence electrons. The zero-order chi connectivity index (χ0) is 17.8. The molecule has 0 N–H and O–H groups in total. The van der Waals surface area contributed by atoms with Crippen molar-refractivity contribution in [3.63, 3.8) is 0 Å². The monoisotopic (exact) mass is 362 g/mol. The predicted molar refractivity (Wildman–Crippen MR) is 98.1 cm³/mol. The highest BCUT2D eigenvalue weighted by Crippen LogP contribution is 2.26. The molecule has 2 aromatic rings. The fourth-order valence-corrected chi connectivity index (χ4v) is 3.45. The summed E-state index contributed by atoms with van der Waals surface area (Å²) >= 11 is 6.32. The van der Waals surface area contributed by atoms with Crippen LogP contribution in [0.25, 0.3) is 0 Å². The Kier molecular flexibility index (Phi) is 5.60. The van der Waals surface area contributed by atoms with Gasteiger partial charge >= 0.3 is 0 Å². The van der Waals surface area contributed by atoms with Crippen LogP contribution in [-0.2, 0) is 18.4 Å². The molecule has 1 aromatic heterocycles. The van der Waals surface area contributed by atoms with Crippen molar-refractivity contribution in [3.8, 4) is 0 Å². The maximum absolute atomic E-state index is 12.9. The summed E-state index contributed by atoms with van der Waals surface area (Å²) in [6.07, 6.45) is 2.67. The average molecular weight is 363 g/mol. The van der Waals surface area contributed by atoms with Crippen LogP contribution in [0.15, 0.2) is 30.5 Å². The number of methoxy groups -OCH3 is 1. The van der Waals surface area contributed by atoms with Crippen molar-refractivity contribution in [1.29, 1.82) is 0 Å². The zero-order valence-corrected chi connectivity index (χ0v) is 15.4. The normalized spacial score (nSPS) is 15.3. The van der Waals surface area contributed by atoms with Gasteiger partial charge in [-0.25, -0.2) is 0 Å². The van der Waals surface area contributed by atoms with Crippen LogP contribution in [-0.4, -0.2) is 53.9 Å².